The number of benzene rings is 1. The second-order valence-electron chi connectivity index (χ2n) is 3.78. The van der Waals surface area contributed by atoms with E-state index < -0.39 is 0 Å². The van der Waals surface area contributed by atoms with E-state index in [2.05, 4.69) is 5.32 Å². The molecule has 2 rings (SSSR count). The van der Waals surface area contributed by atoms with E-state index in [1.54, 1.807) is 16.7 Å². The molecule has 1 aliphatic heterocycles. The maximum absolute atomic E-state index is 11.8. The topological polar surface area (TPSA) is 49.4 Å². The van der Waals surface area contributed by atoms with Gasteiger partial charge in [0.15, 0.2) is 0 Å². The van der Waals surface area contributed by atoms with Crippen LogP contribution in [0.25, 0.3) is 0 Å². The summed E-state index contributed by atoms with van der Waals surface area (Å²) in [5.74, 6) is 0.494. The number of thioether (sulfide) groups is 1. The zero-order chi connectivity index (χ0) is 12.3. The summed E-state index contributed by atoms with van der Waals surface area (Å²) in [6.07, 6.45) is 0. The van der Waals surface area contributed by atoms with Crippen molar-refractivity contribution in [3.8, 4) is 0 Å². The normalized spacial score (nSPS) is 14.4. The van der Waals surface area contributed by atoms with Crippen molar-refractivity contribution in [3.05, 3.63) is 24.3 Å². The number of carbonyl (C=O) groups is 2. The van der Waals surface area contributed by atoms with Gasteiger partial charge in [-0.2, -0.15) is 0 Å². The van der Waals surface area contributed by atoms with Crippen LogP contribution in [-0.2, 0) is 9.59 Å². The lowest BCUT2D eigenvalue weighted by molar-refractivity contribution is -0.119. The van der Waals surface area contributed by atoms with Crippen LogP contribution in [0.3, 0.4) is 0 Å². The molecule has 0 atom stereocenters. The number of para-hydroxylation sites is 1. The number of rotatable bonds is 3. The number of hydrogen-bond acceptors (Lipinski definition) is 3. The molecule has 1 N–H and O–H groups in total. The van der Waals surface area contributed by atoms with Crippen molar-refractivity contribution < 1.29 is 9.59 Å². The molecule has 0 saturated carbocycles. The summed E-state index contributed by atoms with van der Waals surface area (Å²) in [4.78, 5) is 25.5. The maximum Gasteiger partial charge on any atom is 0.237 e. The molecule has 1 aromatic rings. The summed E-state index contributed by atoms with van der Waals surface area (Å²) >= 11 is 1.56. The first-order chi connectivity index (χ1) is 8.18. The van der Waals surface area contributed by atoms with Crippen molar-refractivity contribution in [1.29, 1.82) is 0 Å². The minimum absolute atomic E-state index is 0.0721. The number of nitrogens with one attached hydrogen (secondary N) is 1. The highest BCUT2D eigenvalue weighted by Gasteiger charge is 2.23. The maximum atomic E-state index is 11.8. The standard InChI is InChI=1S/C12H14N2O2S/c1-9(15)13-6-7-14-10-4-2-3-5-11(10)17-8-12(14)16/h2-5H,6-8H2,1H3,(H,13,15). The quantitative estimate of drug-likeness (QED) is 0.878. The van der Waals surface area contributed by atoms with Crippen molar-refractivity contribution in [3.63, 3.8) is 0 Å². The number of fused-ring (bicyclic) bond motifs is 1. The first-order valence-corrected chi connectivity index (χ1v) is 6.43. The van der Waals surface area contributed by atoms with Gasteiger partial charge in [-0.05, 0) is 12.1 Å². The number of carbonyl (C=O) groups excluding carboxylic acids is 2. The van der Waals surface area contributed by atoms with Crippen LogP contribution in [0.1, 0.15) is 6.92 Å². The van der Waals surface area contributed by atoms with E-state index >= 15 is 0 Å². The van der Waals surface area contributed by atoms with Crippen LogP contribution in [0.15, 0.2) is 29.2 Å². The minimum Gasteiger partial charge on any atom is -0.355 e. The van der Waals surface area contributed by atoms with Gasteiger partial charge in [0.05, 0.1) is 11.4 Å². The highest BCUT2D eigenvalue weighted by atomic mass is 32.2. The third-order valence-corrected chi connectivity index (χ3v) is 3.57. The smallest absolute Gasteiger partial charge is 0.237 e. The second kappa shape index (κ2) is 5.23. The van der Waals surface area contributed by atoms with E-state index in [0.717, 1.165) is 10.6 Å². The van der Waals surface area contributed by atoms with Crippen LogP contribution in [-0.4, -0.2) is 30.7 Å². The lowest BCUT2D eigenvalue weighted by atomic mass is 10.2. The van der Waals surface area contributed by atoms with Gasteiger partial charge in [-0.3, -0.25) is 9.59 Å². The van der Waals surface area contributed by atoms with E-state index in [-0.39, 0.29) is 11.8 Å². The Balaban J connectivity index is 2.10. The van der Waals surface area contributed by atoms with E-state index in [4.69, 9.17) is 0 Å². The summed E-state index contributed by atoms with van der Waals surface area (Å²) in [7, 11) is 0. The van der Waals surface area contributed by atoms with Gasteiger partial charge in [-0.25, -0.2) is 0 Å². The minimum atomic E-state index is -0.0721. The summed E-state index contributed by atoms with van der Waals surface area (Å²) in [6, 6.07) is 7.84. The average molecular weight is 250 g/mol. The first-order valence-electron chi connectivity index (χ1n) is 5.45. The molecule has 2 amide bonds. The Morgan fingerprint density at radius 1 is 1.47 bits per heavy atom. The van der Waals surface area contributed by atoms with Crippen molar-refractivity contribution in [2.45, 2.75) is 11.8 Å². The summed E-state index contributed by atoms with van der Waals surface area (Å²) in [5.41, 5.74) is 0.944. The van der Waals surface area contributed by atoms with Gasteiger partial charge >= 0.3 is 0 Å². The van der Waals surface area contributed by atoms with E-state index in [1.165, 1.54) is 6.92 Å². The highest BCUT2D eigenvalue weighted by Crippen LogP contribution is 2.34. The van der Waals surface area contributed by atoms with E-state index in [0.29, 0.717) is 18.8 Å². The molecule has 5 heteroatoms. The van der Waals surface area contributed by atoms with Crippen LogP contribution >= 0.6 is 11.8 Å². The summed E-state index contributed by atoms with van der Waals surface area (Å²) in [5, 5.41) is 2.70. The first kappa shape index (κ1) is 12.0. The zero-order valence-electron chi connectivity index (χ0n) is 9.60. The monoisotopic (exact) mass is 250 g/mol. The predicted molar refractivity (Wildman–Crippen MR) is 68.2 cm³/mol. The predicted octanol–water partition coefficient (Wildman–Crippen LogP) is 1.26. The third kappa shape index (κ3) is 2.79. The number of hydrogen-bond donors (Lipinski definition) is 1. The Hall–Kier alpha value is -1.49. The molecule has 0 fully saturated rings. The molecule has 90 valence electrons. The Morgan fingerprint density at radius 2 is 2.24 bits per heavy atom. The van der Waals surface area contributed by atoms with Crippen LogP contribution in [0.2, 0.25) is 0 Å². The van der Waals surface area contributed by atoms with Crippen LogP contribution in [0.4, 0.5) is 5.69 Å². The van der Waals surface area contributed by atoms with Crippen LogP contribution < -0.4 is 10.2 Å². The highest BCUT2D eigenvalue weighted by molar-refractivity contribution is 8.00. The fourth-order valence-corrected chi connectivity index (χ4v) is 2.68. The second-order valence-corrected chi connectivity index (χ2v) is 4.80. The molecule has 0 saturated heterocycles. The number of amides is 2. The Bertz CT molecular complexity index is 448. The van der Waals surface area contributed by atoms with Gasteiger partial charge in [-0.1, -0.05) is 12.1 Å². The number of nitrogens with zero attached hydrogens (tertiary/aromatic N) is 1. The molecule has 0 unspecified atom stereocenters. The van der Waals surface area contributed by atoms with Crippen LogP contribution in [0.5, 0.6) is 0 Å². The third-order valence-electron chi connectivity index (χ3n) is 2.52. The molecule has 1 heterocycles. The van der Waals surface area contributed by atoms with Crippen molar-refractivity contribution in [2.75, 3.05) is 23.7 Å². The molecule has 0 bridgehead atoms. The fraction of sp³-hybridized carbons (Fsp3) is 0.333. The molecule has 1 aliphatic rings. The largest absolute Gasteiger partial charge is 0.355 e. The van der Waals surface area contributed by atoms with Gasteiger partial charge in [0.1, 0.15) is 0 Å². The SMILES string of the molecule is CC(=O)NCCN1C(=O)CSc2ccccc21. The molecule has 17 heavy (non-hydrogen) atoms. The van der Waals surface area contributed by atoms with Crippen molar-refractivity contribution >= 4 is 29.3 Å². The Labute approximate surface area is 104 Å². The molecule has 0 aliphatic carbocycles. The van der Waals surface area contributed by atoms with Gasteiger partial charge in [-0.15, -0.1) is 11.8 Å². The van der Waals surface area contributed by atoms with Crippen LogP contribution in [0, 0.1) is 0 Å². The fourth-order valence-electron chi connectivity index (χ4n) is 1.74. The molecule has 0 spiro atoms. The van der Waals surface area contributed by atoms with Gasteiger partial charge in [0.2, 0.25) is 11.8 Å². The zero-order valence-corrected chi connectivity index (χ0v) is 10.4. The molecular formula is C12H14N2O2S. The summed E-state index contributed by atoms with van der Waals surface area (Å²) < 4.78 is 0. The van der Waals surface area contributed by atoms with Gasteiger partial charge in [0.25, 0.3) is 0 Å². The van der Waals surface area contributed by atoms with Gasteiger partial charge < -0.3 is 10.2 Å². The Morgan fingerprint density at radius 3 is 3.00 bits per heavy atom. The molecule has 4 nitrogen and oxygen atoms in total. The Kier molecular flexibility index (Phi) is 3.68. The molecule has 0 radical (unpaired) electrons. The lowest BCUT2D eigenvalue weighted by Crippen LogP contribution is -2.40. The molecular weight excluding hydrogens is 236 g/mol. The van der Waals surface area contributed by atoms with Crippen molar-refractivity contribution in [1.82, 2.24) is 5.32 Å². The molecule has 1 aromatic carbocycles. The lowest BCUT2D eigenvalue weighted by Gasteiger charge is -2.28. The summed E-state index contributed by atoms with van der Waals surface area (Å²) in [6.45, 7) is 2.48. The average Bonchev–Trinajstić information content (AvgIpc) is 2.32. The van der Waals surface area contributed by atoms with E-state index in [9.17, 15) is 9.59 Å². The van der Waals surface area contributed by atoms with Gasteiger partial charge in [0, 0.05) is 24.9 Å². The molecule has 0 aromatic heterocycles. The van der Waals surface area contributed by atoms with E-state index in [1.807, 2.05) is 24.3 Å². The van der Waals surface area contributed by atoms with Crippen molar-refractivity contribution in [2.24, 2.45) is 0 Å². The number of anilines is 1.